The first-order valence-corrected chi connectivity index (χ1v) is 5.26. The first kappa shape index (κ1) is 11.9. The molecular weight excluding hydrogens is 238 g/mol. The number of hydrogen-bond acceptors (Lipinski definition) is 6. The van der Waals surface area contributed by atoms with Crippen LogP contribution in [0.4, 0.5) is 11.6 Å². The second-order valence-electron chi connectivity index (χ2n) is 3.46. The third-order valence-corrected chi connectivity index (χ3v) is 2.28. The molecule has 1 heterocycles. The second kappa shape index (κ2) is 4.74. The van der Waals surface area contributed by atoms with E-state index in [9.17, 15) is 10.1 Å². The molecule has 94 valence electrons. The number of nitro benzene ring substituents is 1. The number of nitrogens with zero attached hydrogens (tertiary/aromatic N) is 2. The van der Waals surface area contributed by atoms with E-state index in [1.807, 2.05) is 0 Å². The largest absolute Gasteiger partial charge is 0.487 e. The lowest BCUT2D eigenvalue weighted by Gasteiger charge is -2.07. The summed E-state index contributed by atoms with van der Waals surface area (Å²) in [5.41, 5.74) is 6.20. The second-order valence-corrected chi connectivity index (χ2v) is 3.46. The van der Waals surface area contributed by atoms with E-state index in [0.29, 0.717) is 17.9 Å². The molecule has 0 aliphatic carbocycles. The molecular formula is C11H11N3O4. The SMILES string of the molecule is CCOc1c(-c2cc(N)on2)cccc1[N+](=O)[O-]. The Morgan fingerprint density at radius 3 is 2.89 bits per heavy atom. The number of para-hydroxylation sites is 1. The molecule has 0 saturated carbocycles. The fourth-order valence-electron chi connectivity index (χ4n) is 1.58. The molecule has 7 heteroatoms. The minimum absolute atomic E-state index is 0.115. The highest BCUT2D eigenvalue weighted by Crippen LogP contribution is 2.37. The topological polar surface area (TPSA) is 104 Å². The number of anilines is 1. The van der Waals surface area contributed by atoms with Gasteiger partial charge in [-0.15, -0.1) is 0 Å². The summed E-state index contributed by atoms with van der Waals surface area (Å²) in [6.45, 7) is 2.06. The van der Waals surface area contributed by atoms with Gasteiger partial charge >= 0.3 is 5.69 Å². The van der Waals surface area contributed by atoms with Gasteiger partial charge < -0.3 is 15.0 Å². The zero-order valence-electron chi connectivity index (χ0n) is 9.62. The van der Waals surface area contributed by atoms with E-state index >= 15 is 0 Å². The summed E-state index contributed by atoms with van der Waals surface area (Å²) >= 11 is 0. The molecule has 1 aromatic carbocycles. The molecule has 0 spiro atoms. The van der Waals surface area contributed by atoms with Crippen LogP contribution in [-0.4, -0.2) is 16.7 Å². The Bertz CT molecular complexity index is 579. The van der Waals surface area contributed by atoms with E-state index in [1.165, 1.54) is 12.1 Å². The lowest BCUT2D eigenvalue weighted by molar-refractivity contribution is -0.385. The van der Waals surface area contributed by atoms with Crippen LogP contribution in [0.3, 0.4) is 0 Å². The average Bonchev–Trinajstić information content (AvgIpc) is 2.76. The highest BCUT2D eigenvalue weighted by Gasteiger charge is 2.21. The van der Waals surface area contributed by atoms with Crippen LogP contribution in [0.15, 0.2) is 28.8 Å². The third kappa shape index (κ3) is 2.10. The fourth-order valence-corrected chi connectivity index (χ4v) is 1.58. The predicted octanol–water partition coefficient (Wildman–Crippen LogP) is 2.23. The maximum Gasteiger partial charge on any atom is 0.311 e. The highest BCUT2D eigenvalue weighted by atomic mass is 16.6. The Kier molecular flexibility index (Phi) is 3.13. The first-order valence-electron chi connectivity index (χ1n) is 5.26. The van der Waals surface area contributed by atoms with Gasteiger partial charge in [-0.2, -0.15) is 0 Å². The number of nitrogen functional groups attached to an aromatic ring is 1. The Morgan fingerprint density at radius 1 is 1.56 bits per heavy atom. The normalized spacial score (nSPS) is 10.3. The number of hydrogen-bond donors (Lipinski definition) is 1. The van der Waals surface area contributed by atoms with E-state index in [4.69, 9.17) is 15.0 Å². The van der Waals surface area contributed by atoms with Crippen molar-refractivity contribution in [3.8, 4) is 17.0 Å². The fraction of sp³-hybridized carbons (Fsp3) is 0.182. The van der Waals surface area contributed by atoms with Crippen LogP contribution >= 0.6 is 0 Å². The van der Waals surface area contributed by atoms with Crippen molar-refractivity contribution >= 4 is 11.6 Å². The molecule has 0 bridgehead atoms. The molecule has 7 nitrogen and oxygen atoms in total. The van der Waals surface area contributed by atoms with Crippen LogP contribution in [0.1, 0.15) is 6.92 Å². The molecule has 1 aromatic heterocycles. The number of ether oxygens (including phenoxy) is 1. The van der Waals surface area contributed by atoms with Crippen LogP contribution in [0.5, 0.6) is 5.75 Å². The highest BCUT2D eigenvalue weighted by molar-refractivity contribution is 5.73. The summed E-state index contributed by atoms with van der Waals surface area (Å²) < 4.78 is 10.1. The summed E-state index contributed by atoms with van der Waals surface area (Å²) in [4.78, 5) is 10.4. The van der Waals surface area contributed by atoms with Gasteiger partial charge in [0.25, 0.3) is 0 Å². The van der Waals surface area contributed by atoms with Crippen LogP contribution in [0.2, 0.25) is 0 Å². The Balaban J connectivity index is 2.59. The molecule has 0 aliphatic rings. The Morgan fingerprint density at radius 2 is 2.33 bits per heavy atom. The van der Waals surface area contributed by atoms with Crippen molar-refractivity contribution in [3.63, 3.8) is 0 Å². The maximum atomic E-state index is 10.9. The number of rotatable bonds is 4. The van der Waals surface area contributed by atoms with Crippen molar-refractivity contribution in [3.05, 3.63) is 34.4 Å². The zero-order chi connectivity index (χ0) is 13.1. The van der Waals surface area contributed by atoms with Gasteiger partial charge in [-0.25, -0.2) is 0 Å². The van der Waals surface area contributed by atoms with Gasteiger partial charge in [0.2, 0.25) is 11.6 Å². The molecule has 0 unspecified atom stereocenters. The molecule has 18 heavy (non-hydrogen) atoms. The summed E-state index contributed by atoms with van der Waals surface area (Å²) in [5.74, 6) is 0.303. The number of nitro groups is 1. The first-order chi connectivity index (χ1) is 8.63. The van der Waals surface area contributed by atoms with Gasteiger partial charge in [0, 0.05) is 12.1 Å². The van der Waals surface area contributed by atoms with Gasteiger partial charge in [-0.05, 0) is 13.0 Å². The molecule has 2 N–H and O–H groups in total. The summed E-state index contributed by atoms with van der Waals surface area (Å²) in [7, 11) is 0. The molecule has 0 atom stereocenters. The van der Waals surface area contributed by atoms with Gasteiger partial charge in [0.05, 0.1) is 17.1 Å². The zero-order valence-corrected chi connectivity index (χ0v) is 9.62. The van der Waals surface area contributed by atoms with Crippen molar-refractivity contribution in [2.24, 2.45) is 0 Å². The average molecular weight is 249 g/mol. The van der Waals surface area contributed by atoms with Crippen LogP contribution in [-0.2, 0) is 0 Å². The van der Waals surface area contributed by atoms with E-state index in [0.717, 1.165) is 0 Å². The van der Waals surface area contributed by atoms with E-state index in [-0.39, 0.29) is 17.3 Å². The number of nitrogens with two attached hydrogens (primary N) is 1. The monoisotopic (exact) mass is 249 g/mol. The lowest BCUT2D eigenvalue weighted by Crippen LogP contribution is -1.99. The van der Waals surface area contributed by atoms with Gasteiger partial charge in [-0.1, -0.05) is 11.2 Å². The molecule has 2 aromatic rings. The van der Waals surface area contributed by atoms with Gasteiger partial charge in [0.1, 0.15) is 5.69 Å². The smallest absolute Gasteiger partial charge is 0.311 e. The van der Waals surface area contributed by atoms with Crippen molar-refractivity contribution in [1.82, 2.24) is 5.16 Å². The lowest BCUT2D eigenvalue weighted by atomic mass is 10.1. The van der Waals surface area contributed by atoms with E-state index in [1.54, 1.807) is 19.1 Å². The number of benzene rings is 1. The standard InChI is InChI=1S/C11H11N3O4/c1-2-17-11-7(8-6-10(12)18-13-8)4-3-5-9(11)14(15)16/h3-6H,2,12H2,1H3. The Labute approximate surface area is 102 Å². The molecule has 0 aliphatic heterocycles. The summed E-state index contributed by atoms with van der Waals surface area (Å²) in [5, 5.41) is 14.7. The molecule has 0 radical (unpaired) electrons. The third-order valence-electron chi connectivity index (χ3n) is 2.28. The van der Waals surface area contributed by atoms with Crippen LogP contribution in [0.25, 0.3) is 11.3 Å². The Hall–Kier alpha value is -2.57. The van der Waals surface area contributed by atoms with Gasteiger partial charge in [0.15, 0.2) is 0 Å². The molecule has 2 rings (SSSR count). The van der Waals surface area contributed by atoms with Crippen molar-refractivity contribution in [1.29, 1.82) is 0 Å². The maximum absolute atomic E-state index is 10.9. The molecule has 0 saturated heterocycles. The molecule has 0 amide bonds. The van der Waals surface area contributed by atoms with E-state index < -0.39 is 4.92 Å². The quantitative estimate of drug-likeness (QED) is 0.658. The van der Waals surface area contributed by atoms with Crippen molar-refractivity contribution < 1.29 is 14.2 Å². The minimum Gasteiger partial charge on any atom is -0.487 e. The predicted molar refractivity (Wildman–Crippen MR) is 64.2 cm³/mol. The van der Waals surface area contributed by atoms with Gasteiger partial charge in [-0.3, -0.25) is 10.1 Å². The minimum atomic E-state index is -0.502. The molecule has 0 fully saturated rings. The number of aromatic nitrogens is 1. The van der Waals surface area contributed by atoms with E-state index in [2.05, 4.69) is 5.16 Å². The van der Waals surface area contributed by atoms with Crippen LogP contribution in [0, 0.1) is 10.1 Å². The summed E-state index contributed by atoms with van der Waals surface area (Å²) in [6, 6.07) is 6.08. The summed E-state index contributed by atoms with van der Waals surface area (Å²) in [6.07, 6.45) is 0. The van der Waals surface area contributed by atoms with Crippen LogP contribution < -0.4 is 10.5 Å². The van der Waals surface area contributed by atoms with Crippen molar-refractivity contribution in [2.45, 2.75) is 6.92 Å². The van der Waals surface area contributed by atoms with Crippen molar-refractivity contribution in [2.75, 3.05) is 12.3 Å².